The van der Waals surface area contributed by atoms with Crippen molar-refractivity contribution in [3.63, 3.8) is 0 Å². The number of benzene rings is 17. The fourth-order valence-electron chi connectivity index (χ4n) is 17.0. The molecule has 4 nitrogen and oxygen atoms in total. The van der Waals surface area contributed by atoms with Gasteiger partial charge in [-0.15, -0.1) is 0 Å². The van der Waals surface area contributed by atoms with Crippen LogP contribution in [-0.4, -0.2) is 9.13 Å². The first kappa shape index (κ1) is 62.9. The van der Waals surface area contributed by atoms with E-state index in [1.54, 1.807) is 0 Å². The van der Waals surface area contributed by atoms with Gasteiger partial charge in [0.25, 0.3) is 0 Å². The number of fused-ring (bicyclic) bond motifs is 11. The molecular weight excluding hydrogens is 1290 g/mol. The average molecular weight is 1370 g/mol. The Hall–Kier alpha value is -13.8. The molecule has 1 aliphatic rings. The first-order valence-corrected chi connectivity index (χ1v) is 37.0. The Morgan fingerprint density at radius 1 is 0.215 bits per heavy atom. The predicted octanol–water partition coefficient (Wildman–Crippen LogP) is 28.2. The lowest BCUT2D eigenvalue weighted by Gasteiger charge is -2.25. The van der Waals surface area contributed by atoms with Crippen LogP contribution < -0.4 is 10.6 Å². The van der Waals surface area contributed by atoms with Gasteiger partial charge in [-0.05, 0) is 214 Å². The summed E-state index contributed by atoms with van der Waals surface area (Å²) >= 11 is 0. The van der Waals surface area contributed by atoms with Crippen molar-refractivity contribution in [3.05, 3.63) is 399 Å². The molecule has 2 aromatic heterocycles. The number of anilines is 4. The van der Waals surface area contributed by atoms with Crippen molar-refractivity contribution in [1.29, 1.82) is 0 Å². The first-order valence-electron chi connectivity index (χ1n) is 37.0. The zero-order chi connectivity index (χ0) is 71.1. The van der Waals surface area contributed by atoms with Gasteiger partial charge < -0.3 is 19.8 Å². The van der Waals surface area contributed by atoms with Crippen LogP contribution >= 0.6 is 0 Å². The zero-order valence-electron chi connectivity index (χ0n) is 59.3. The molecule has 107 heavy (non-hydrogen) atoms. The van der Waals surface area contributed by atoms with Crippen molar-refractivity contribution in [1.82, 2.24) is 9.13 Å². The van der Waals surface area contributed by atoms with Gasteiger partial charge in [-0.3, -0.25) is 0 Å². The minimum atomic E-state index is -0.446. The lowest BCUT2D eigenvalue weighted by Crippen LogP contribution is -2.15. The highest BCUT2D eigenvalue weighted by Gasteiger charge is 2.39. The molecule has 2 N–H and O–H groups in total. The molecule has 504 valence electrons. The lowest BCUT2D eigenvalue weighted by atomic mass is 9.80. The van der Waals surface area contributed by atoms with E-state index in [4.69, 9.17) is 0 Å². The van der Waals surface area contributed by atoms with Crippen LogP contribution in [0.5, 0.6) is 0 Å². The molecule has 0 amide bonds. The number of hydrogen-bond donors (Lipinski definition) is 2. The van der Waals surface area contributed by atoms with Gasteiger partial charge in [0, 0.05) is 71.9 Å². The highest BCUT2D eigenvalue weighted by molar-refractivity contribution is 6.19. The number of rotatable bonds is 14. The second-order valence-electron chi connectivity index (χ2n) is 28.9. The molecule has 17 aromatic carbocycles. The van der Waals surface area contributed by atoms with Crippen LogP contribution in [0.1, 0.15) is 25.0 Å². The Kier molecular flexibility index (Phi) is 15.2. The maximum Gasteiger partial charge on any atom is 0.0541 e. The Morgan fingerprint density at radius 2 is 0.551 bits per heavy atom. The Balaban J connectivity index is 0.740. The van der Waals surface area contributed by atoms with E-state index >= 15 is 0 Å². The van der Waals surface area contributed by atoms with Crippen molar-refractivity contribution in [3.8, 4) is 112 Å². The zero-order valence-corrected chi connectivity index (χ0v) is 59.3. The lowest BCUT2D eigenvalue weighted by molar-refractivity contribution is 0.661. The van der Waals surface area contributed by atoms with Gasteiger partial charge in [-0.2, -0.15) is 0 Å². The standard InChI is InChI=1S/C103H72N4/c1-103(2)93-65-83(104-81-35-21-37-84(63-81)106-96-55-47-77(69-27-13-5-14-28-69)59-89(96)90-60-78(48-56-97(90)106)70-29-15-6-16-30-70)51-52-87(93)101-94(103)66-95(88-54-53-86(75-43-39-73(40-44-75)67-23-9-3-10-24-67)100(102(88)101)76-45-41-74(42-46-76)68-25-11-4-12-26-68)105-82-36-22-38-85(64-82)107-98-57-49-79(71-31-17-7-18-32-71)61-91(98)92-62-80(50-58-99(92)107)72-33-19-8-20-34-72/h3-66,104-105H,1-2H3. The summed E-state index contributed by atoms with van der Waals surface area (Å²) in [6, 6.07) is 143. The van der Waals surface area contributed by atoms with Crippen LogP contribution in [0.2, 0.25) is 0 Å². The fraction of sp³-hybridized carbons (Fsp3) is 0.0291. The van der Waals surface area contributed by atoms with Crippen LogP contribution in [0.3, 0.4) is 0 Å². The molecule has 0 unspecified atom stereocenters. The number of aromatic nitrogens is 2. The molecule has 0 bridgehead atoms. The summed E-state index contributed by atoms with van der Waals surface area (Å²) < 4.78 is 4.88. The van der Waals surface area contributed by atoms with Crippen LogP contribution in [0, 0.1) is 0 Å². The third-order valence-corrected chi connectivity index (χ3v) is 22.3. The first-order chi connectivity index (χ1) is 52.8. The molecule has 20 rings (SSSR count). The SMILES string of the molecule is CC1(C)c2cc(Nc3cccc(-n4c5ccc(-c6ccccc6)cc5c5cc(-c6ccccc6)ccc54)c3)ccc2-c2c1cc(Nc1cccc(-n3c4ccc(-c5ccccc5)cc4c4cc(-c5ccccc5)ccc43)c1)c1ccc(-c3ccc(-c4ccccc4)cc3)c(-c3ccc(-c4ccccc4)cc3)c21. The van der Waals surface area contributed by atoms with E-state index in [9.17, 15) is 0 Å². The second kappa shape index (κ2) is 25.9. The van der Waals surface area contributed by atoms with Gasteiger partial charge in [0.1, 0.15) is 0 Å². The topological polar surface area (TPSA) is 33.9 Å². The van der Waals surface area contributed by atoms with E-state index in [0.717, 1.165) is 72.7 Å². The van der Waals surface area contributed by atoms with E-state index in [1.807, 2.05) is 0 Å². The molecule has 0 saturated heterocycles. The summed E-state index contributed by atoms with van der Waals surface area (Å²) in [6.45, 7) is 4.84. The van der Waals surface area contributed by atoms with Crippen LogP contribution in [-0.2, 0) is 5.41 Å². The van der Waals surface area contributed by atoms with E-state index in [0.29, 0.717) is 0 Å². The summed E-state index contributed by atoms with van der Waals surface area (Å²) in [6.07, 6.45) is 0. The average Bonchev–Trinajstić information content (AvgIpc) is 1.57. The molecule has 0 aliphatic heterocycles. The molecule has 2 heterocycles. The summed E-state index contributed by atoms with van der Waals surface area (Å²) in [5, 5.41) is 15.3. The Morgan fingerprint density at radius 3 is 0.963 bits per heavy atom. The summed E-state index contributed by atoms with van der Waals surface area (Å²) in [5.74, 6) is 0. The van der Waals surface area contributed by atoms with Crippen molar-refractivity contribution in [2.75, 3.05) is 10.6 Å². The third kappa shape index (κ3) is 11.1. The molecule has 1 aliphatic carbocycles. The summed E-state index contributed by atoms with van der Waals surface area (Å²) in [7, 11) is 0. The normalized spacial score (nSPS) is 12.3. The van der Waals surface area contributed by atoms with Crippen molar-refractivity contribution < 1.29 is 0 Å². The van der Waals surface area contributed by atoms with E-state index in [1.165, 1.54) is 127 Å². The number of hydrogen-bond acceptors (Lipinski definition) is 2. The van der Waals surface area contributed by atoms with Gasteiger partial charge in [-0.25, -0.2) is 0 Å². The minimum absolute atomic E-state index is 0.446. The molecule has 19 aromatic rings. The van der Waals surface area contributed by atoms with Crippen LogP contribution in [0.4, 0.5) is 22.7 Å². The molecule has 0 saturated carbocycles. The minimum Gasteiger partial charge on any atom is -0.355 e. The van der Waals surface area contributed by atoms with Crippen LogP contribution in [0.15, 0.2) is 388 Å². The smallest absolute Gasteiger partial charge is 0.0541 e. The fourth-order valence-corrected chi connectivity index (χ4v) is 17.0. The molecule has 4 heteroatoms. The number of nitrogens with zero attached hydrogens (tertiary/aromatic N) is 2. The highest BCUT2D eigenvalue weighted by atomic mass is 15.0. The van der Waals surface area contributed by atoms with E-state index in [-0.39, 0.29) is 0 Å². The molecule has 0 radical (unpaired) electrons. The van der Waals surface area contributed by atoms with Crippen molar-refractivity contribution in [2.45, 2.75) is 19.3 Å². The van der Waals surface area contributed by atoms with Gasteiger partial charge in [0.05, 0.1) is 22.1 Å². The predicted molar refractivity (Wildman–Crippen MR) is 453 cm³/mol. The van der Waals surface area contributed by atoms with Crippen molar-refractivity contribution in [2.24, 2.45) is 0 Å². The molecular formula is C103H72N4. The maximum absolute atomic E-state index is 4.17. The van der Waals surface area contributed by atoms with E-state index < -0.39 is 5.41 Å². The van der Waals surface area contributed by atoms with Crippen LogP contribution in [0.25, 0.3) is 166 Å². The summed E-state index contributed by atoms with van der Waals surface area (Å²) in [4.78, 5) is 0. The Bertz CT molecular complexity index is 6440. The molecule has 0 atom stereocenters. The largest absolute Gasteiger partial charge is 0.355 e. The third-order valence-electron chi connectivity index (χ3n) is 22.3. The second-order valence-corrected chi connectivity index (χ2v) is 28.9. The Labute approximate surface area is 623 Å². The van der Waals surface area contributed by atoms with Gasteiger partial charge in [0.2, 0.25) is 0 Å². The van der Waals surface area contributed by atoms with Gasteiger partial charge >= 0.3 is 0 Å². The molecule has 0 fully saturated rings. The molecule has 0 spiro atoms. The van der Waals surface area contributed by atoms with Gasteiger partial charge in [0.15, 0.2) is 0 Å². The number of nitrogens with one attached hydrogen (secondary N) is 2. The summed E-state index contributed by atoms with van der Waals surface area (Å²) in [5.41, 5.74) is 34.4. The monoisotopic (exact) mass is 1360 g/mol. The quantitative estimate of drug-likeness (QED) is 0.114. The van der Waals surface area contributed by atoms with E-state index in [2.05, 4.69) is 422 Å². The van der Waals surface area contributed by atoms with Gasteiger partial charge in [-0.1, -0.05) is 299 Å². The van der Waals surface area contributed by atoms with Crippen molar-refractivity contribution >= 4 is 77.1 Å². The maximum atomic E-state index is 4.17. The highest BCUT2D eigenvalue weighted by Crippen LogP contribution is 2.57.